The lowest BCUT2D eigenvalue weighted by Gasteiger charge is -2.20. The number of nitrogens with zero attached hydrogens (tertiary/aromatic N) is 1. The molecule has 0 atom stereocenters. The standard InChI is InChI=1S/C34H32NOSi/c1-23-16-18-28-27-19-17-26(24-12-8-6-9-13-24)20-31(27)36-34(28)33(23)30-21-29(25-14-10-7-11-15-25)32(22-35(30)2)37(3,4)5/h6-22H,1-5H3/q+1. The molecule has 6 rings (SSSR count). The zero-order valence-corrected chi connectivity index (χ0v) is 23.2. The highest BCUT2D eigenvalue weighted by Crippen LogP contribution is 2.39. The largest absolute Gasteiger partial charge is 0.455 e. The molecule has 0 bridgehead atoms. The molecule has 2 aromatic heterocycles. The molecule has 3 heteroatoms. The van der Waals surface area contributed by atoms with Gasteiger partial charge in [0.1, 0.15) is 18.2 Å². The maximum Gasteiger partial charge on any atom is 0.216 e. The van der Waals surface area contributed by atoms with E-state index in [1.807, 2.05) is 0 Å². The Labute approximate surface area is 219 Å². The monoisotopic (exact) mass is 498 g/mol. The smallest absolute Gasteiger partial charge is 0.216 e. The SMILES string of the molecule is Cc1ccc2c(oc3cc(-c4ccccc4)ccc32)c1-c1cc(-c2ccccc2)c([Si](C)(C)C)c[n+]1C. The fourth-order valence-electron chi connectivity index (χ4n) is 5.42. The minimum atomic E-state index is -1.59. The average Bonchev–Trinajstić information content (AvgIpc) is 3.27. The van der Waals surface area contributed by atoms with Crippen molar-refractivity contribution in [1.82, 2.24) is 0 Å². The van der Waals surface area contributed by atoms with Crippen LogP contribution in [0.1, 0.15) is 5.56 Å². The Bertz CT molecular complexity index is 1760. The van der Waals surface area contributed by atoms with Crippen molar-refractivity contribution in [3.63, 3.8) is 0 Å². The summed E-state index contributed by atoms with van der Waals surface area (Å²) in [5.41, 5.74) is 10.4. The molecule has 0 spiro atoms. The summed E-state index contributed by atoms with van der Waals surface area (Å²) >= 11 is 0. The molecule has 37 heavy (non-hydrogen) atoms. The Morgan fingerprint density at radius 2 is 1.32 bits per heavy atom. The van der Waals surface area contributed by atoms with Crippen LogP contribution in [0.2, 0.25) is 19.6 Å². The van der Waals surface area contributed by atoms with Gasteiger partial charge in [-0.1, -0.05) is 98.5 Å². The quantitative estimate of drug-likeness (QED) is 0.177. The second-order valence-corrected chi connectivity index (χ2v) is 16.1. The van der Waals surface area contributed by atoms with Crippen molar-refractivity contribution < 1.29 is 8.98 Å². The normalized spacial score (nSPS) is 11.9. The van der Waals surface area contributed by atoms with Crippen molar-refractivity contribution in [2.45, 2.75) is 26.6 Å². The summed E-state index contributed by atoms with van der Waals surface area (Å²) in [7, 11) is 0.576. The lowest BCUT2D eigenvalue weighted by molar-refractivity contribution is -0.659. The maximum absolute atomic E-state index is 6.67. The topological polar surface area (TPSA) is 17.0 Å². The van der Waals surface area contributed by atoms with Crippen molar-refractivity contribution in [3.05, 3.63) is 109 Å². The van der Waals surface area contributed by atoms with E-state index in [1.165, 1.54) is 38.7 Å². The summed E-state index contributed by atoms with van der Waals surface area (Å²) in [6.45, 7) is 9.45. The summed E-state index contributed by atoms with van der Waals surface area (Å²) in [4.78, 5) is 0. The van der Waals surface area contributed by atoms with Gasteiger partial charge >= 0.3 is 0 Å². The van der Waals surface area contributed by atoms with Gasteiger partial charge in [-0.25, -0.2) is 4.57 Å². The fraction of sp³-hybridized carbons (Fsp3) is 0.147. The Hall–Kier alpha value is -3.95. The van der Waals surface area contributed by atoms with Gasteiger partial charge in [-0.05, 0) is 46.9 Å². The molecule has 0 radical (unpaired) electrons. The van der Waals surface area contributed by atoms with Crippen LogP contribution >= 0.6 is 0 Å². The van der Waals surface area contributed by atoms with Crippen LogP contribution in [0, 0.1) is 6.92 Å². The zero-order chi connectivity index (χ0) is 25.7. The molecule has 0 saturated carbocycles. The molecule has 4 aromatic carbocycles. The highest BCUT2D eigenvalue weighted by Gasteiger charge is 2.28. The van der Waals surface area contributed by atoms with E-state index in [-0.39, 0.29) is 0 Å². The van der Waals surface area contributed by atoms with E-state index in [4.69, 9.17) is 4.42 Å². The predicted molar refractivity (Wildman–Crippen MR) is 159 cm³/mol. The van der Waals surface area contributed by atoms with Gasteiger partial charge in [0.2, 0.25) is 5.69 Å². The van der Waals surface area contributed by atoms with E-state index in [0.29, 0.717) is 0 Å². The van der Waals surface area contributed by atoms with E-state index in [2.05, 4.69) is 141 Å². The molecule has 0 unspecified atom stereocenters. The molecular weight excluding hydrogens is 466 g/mol. The third-order valence-electron chi connectivity index (χ3n) is 7.38. The van der Waals surface area contributed by atoms with E-state index >= 15 is 0 Å². The van der Waals surface area contributed by atoms with Crippen LogP contribution in [-0.4, -0.2) is 8.07 Å². The highest BCUT2D eigenvalue weighted by molar-refractivity contribution is 6.89. The lowest BCUT2D eigenvalue weighted by Crippen LogP contribution is -2.46. The van der Waals surface area contributed by atoms with Gasteiger partial charge in [0.05, 0.1) is 13.6 Å². The summed E-state index contributed by atoms with van der Waals surface area (Å²) in [6, 6.07) is 34.7. The number of benzene rings is 4. The molecule has 2 nitrogen and oxygen atoms in total. The first-order valence-corrected chi connectivity index (χ1v) is 16.4. The number of fused-ring (bicyclic) bond motifs is 3. The number of pyridine rings is 1. The number of hydrogen-bond acceptors (Lipinski definition) is 1. The number of rotatable bonds is 4. The van der Waals surface area contributed by atoms with E-state index in [0.717, 1.165) is 27.5 Å². The Balaban J connectivity index is 1.61. The van der Waals surface area contributed by atoms with Gasteiger partial charge in [0.25, 0.3) is 0 Å². The van der Waals surface area contributed by atoms with E-state index in [1.54, 1.807) is 0 Å². The molecule has 0 fully saturated rings. The summed E-state index contributed by atoms with van der Waals surface area (Å²) in [5, 5.41) is 3.78. The van der Waals surface area contributed by atoms with Gasteiger partial charge < -0.3 is 4.42 Å². The molecule has 6 aromatic rings. The van der Waals surface area contributed by atoms with E-state index < -0.39 is 8.07 Å². The molecule has 0 saturated heterocycles. The van der Waals surface area contributed by atoms with Crippen LogP contribution in [0.15, 0.2) is 108 Å². The number of aromatic nitrogens is 1. The van der Waals surface area contributed by atoms with Crippen LogP contribution in [-0.2, 0) is 7.05 Å². The van der Waals surface area contributed by atoms with Crippen molar-refractivity contribution in [3.8, 4) is 33.5 Å². The van der Waals surface area contributed by atoms with Crippen LogP contribution in [0.4, 0.5) is 0 Å². The molecule has 0 N–H and O–H groups in total. The number of furan rings is 1. The highest BCUT2D eigenvalue weighted by atomic mass is 28.3. The molecule has 0 amide bonds. The predicted octanol–water partition coefficient (Wildman–Crippen LogP) is 8.27. The fourth-order valence-corrected chi connectivity index (χ4v) is 7.02. The Kier molecular flexibility index (Phi) is 5.61. The van der Waals surface area contributed by atoms with Gasteiger partial charge in [-0.15, -0.1) is 0 Å². The molecule has 0 aliphatic carbocycles. The zero-order valence-electron chi connectivity index (χ0n) is 22.2. The first kappa shape index (κ1) is 23.4. The number of hydrogen-bond donors (Lipinski definition) is 0. The van der Waals surface area contributed by atoms with Crippen molar-refractivity contribution >= 4 is 35.2 Å². The molecular formula is C34H32NOSi+. The maximum atomic E-state index is 6.67. The first-order valence-electron chi connectivity index (χ1n) is 12.9. The second kappa shape index (κ2) is 8.86. The summed E-state index contributed by atoms with van der Waals surface area (Å²) in [5.74, 6) is 0. The average molecular weight is 499 g/mol. The Morgan fingerprint density at radius 3 is 2.00 bits per heavy atom. The van der Waals surface area contributed by atoms with Crippen molar-refractivity contribution in [2.24, 2.45) is 7.05 Å². The molecule has 0 aliphatic rings. The van der Waals surface area contributed by atoms with Crippen LogP contribution in [0.25, 0.3) is 55.4 Å². The summed E-state index contributed by atoms with van der Waals surface area (Å²) in [6.07, 6.45) is 2.36. The lowest BCUT2D eigenvalue weighted by atomic mass is 9.97. The molecule has 0 aliphatic heterocycles. The molecule has 182 valence electrons. The first-order chi connectivity index (χ1) is 17.8. The number of aryl methyl sites for hydroxylation is 2. The minimum Gasteiger partial charge on any atom is -0.455 e. The minimum absolute atomic E-state index is 0.924. The van der Waals surface area contributed by atoms with Crippen LogP contribution < -0.4 is 9.75 Å². The molecule has 2 heterocycles. The second-order valence-electron chi connectivity index (χ2n) is 11.0. The van der Waals surface area contributed by atoms with Gasteiger partial charge in [0.15, 0.2) is 6.20 Å². The van der Waals surface area contributed by atoms with E-state index in [9.17, 15) is 0 Å². The van der Waals surface area contributed by atoms with Crippen LogP contribution in [0.3, 0.4) is 0 Å². The van der Waals surface area contributed by atoms with Gasteiger partial charge in [-0.3, -0.25) is 0 Å². The van der Waals surface area contributed by atoms with Crippen LogP contribution in [0.5, 0.6) is 0 Å². The van der Waals surface area contributed by atoms with Crippen molar-refractivity contribution in [2.75, 3.05) is 0 Å². The van der Waals surface area contributed by atoms with Gasteiger partial charge in [0, 0.05) is 22.0 Å². The van der Waals surface area contributed by atoms with Crippen molar-refractivity contribution in [1.29, 1.82) is 0 Å². The third-order valence-corrected chi connectivity index (χ3v) is 9.39. The Morgan fingerprint density at radius 1 is 0.676 bits per heavy atom. The van der Waals surface area contributed by atoms with Gasteiger partial charge in [-0.2, -0.15) is 0 Å². The summed E-state index contributed by atoms with van der Waals surface area (Å²) < 4.78 is 8.97. The third kappa shape index (κ3) is 4.10.